The number of esters is 1. The molecule has 0 fully saturated rings. The van der Waals surface area contributed by atoms with Crippen LogP contribution in [0.15, 0.2) is 30.4 Å². The standard InChI is InChI=1S/C14H15ClO4/c1-3-8-19-13-6-4-10(15)9-11(13)12(16)5-7-14(17)18-2/h4-7,9H,3,8H2,1-2H3/b7-5+. The molecule has 0 spiro atoms. The highest BCUT2D eigenvalue weighted by atomic mass is 35.5. The normalized spacial score (nSPS) is 10.5. The minimum absolute atomic E-state index is 0.320. The van der Waals surface area contributed by atoms with Crippen molar-refractivity contribution in [3.63, 3.8) is 0 Å². The van der Waals surface area contributed by atoms with Crippen LogP contribution in [-0.2, 0) is 9.53 Å². The van der Waals surface area contributed by atoms with Gasteiger partial charge in [0.05, 0.1) is 19.3 Å². The van der Waals surface area contributed by atoms with Crippen molar-refractivity contribution < 1.29 is 19.1 Å². The lowest BCUT2D eigenvalue weighted by Crippen LogP contribution is -2.04. The number of carbonyl (C=O) groups excluding carboxylic acids is 2. The maximum atomic E-state index is 12.0. The summed E-state index contributed by atoms with van der Waals surface area (Å²) < 4.78 is 9.89. The molecule has 0 heterocycles. The number of benzene rings is 1. The highest BCUT2D eigenvalue weighted by Gasteiger charge is 2.11. The molecule has 0 aliphatic carbocycles. The molecule has 0 saturated heterocycles. The average molecular weight is 283 g/mol. The Bertz CT molecular complexity index is 494. The topological polar surface area (TPSA) is 52.6 Å². The Labute approximate surface area is 117 Å². The lowest BCUT2D eigenvalue weighted by Gasteiger charge is -2.09. The Morgan fingerprint density at radius 3 is 2.68 bits per heavy atom. The number of carbonyl (C=O) groups is 2. The van der Waals surface area contributed by atoms with Gasteiger partial charge in [-0.25, -0.2) is 4.79 Å². The summed E-state index contributed by atoms with van der Waals surface area (Å²) in [4.78, 5) is 22.9. The van der Waals surface area contributed by atoms with Crippen LogP contribution in [0.2, 0.25) is 5.02 Å². The van der Waals surface area contributed by atoms with Crippen molar-refractivity contribution in [2.45, 2.75) is 13.3 Å². The molecule has 0 atom stereocenters. The van der Waals surface area contributed by atoms with Gasteiger partial charge in [0, 0.05) is 11.1 Å². The van der Waals surface area contributed by atoms with Gasteiger partial charge in [-0.05, 0) is 30.7 Å². The van der Waals surface area contributed by atoms with Gasteiger partial charge in [-0.2, -0.15) is 0 Å². The second-order valence-corrected chi connectivity index (χ2v) is 4.15. The molecular formula is C14H15ClO4. The number of ether oxygens (including phenoxy) is 2. The summed E-state index contributed by atoms with van der Waals surface area (Å²) >= 11 is 5.86. The summed E-state index contributed by atoms with van der Waals surface area (Å²) in [6.07, 6.45) is 3.03. The molecular weight excluding hydrogens is 268 g/mol. The van der Waals surface area contributed by atoms with Crippen LogP contribution in [0.3, 0.4) is 0 Å². The Kier molecular flexibility index (Phi) is 6.09. The molecule has 0 N–H and O–H groups in total. The van der Waals surface area contributed by atoms with Gasteiger partial charge in [0.15, 0.2) is 5.78 Å². The van der Waals surface area contributed by atoms with Gasteiger partial charge in [-0.1, -0.05) is 18.5 Å². The molecule has 0 aliphatic heterocycles. The lowest BCUT2D eigenvalue weighted by atomic mass is 10.1. The van der Waals surface area contributed by atoms with Crippen molar-refractivity contribution in [1.29, 1.82) is 0 Å². The van der Waals surface area contributed by atoms with E-state index in [0.29, 0.717) is 22.9 Å². The van der Waals surface area contributed by atoms with E-state index in [2.05, 4.69) is 4.74 Å². The average Bonchev–Trinajstić information content (AvgIpc) is 2.42. The van der Waals surface area contributed by atoms with Gasteiger partial charge >= 0.3 is 5.97 Å². The zero-order valence-corrected chi connectivity index (χ0v) is 11.6. The monoisotopic (exact) mass is 282 g/mol. The van der Waals surface area contributed by atoms with E-state index >= 15 is 0 Å². The first-order valence-corrected chi connectivity index (χ1v) is 6.19. The third-order valence-corrected chi connectivity index (χ3v) is 2.48. The van der Waals surface area contributed by atoms with Crippen molar-refractivity contribution in [3.05, 3.63) is 40.9 Å². The van der Waals surface area contributed by atoms with E-state index in [1.54, 1.807) is 12.1 Å². The van der Waals surface area contributed by atoms with Crippen molar-refractivity contribution in [1.82, 2.24) is 0 Å². The predicted octanol–water partition coefficient (Wildman–Crippen LogP) is 3.04. The van der Waals surface area contributed by atoms with Gasteiger partial charge in [-0.15, -0.1) is 0 Å². The van der Waals surface area contributed by atoms with E-state index in [0.717, 1.165) is 18.6 Å². The molecule has 4 nitrogen and oxygen atoms in total. The minimum atomic E-state index is -0.591. The fraction of sp³-hybridized carbons (Fsp3) is 0.286. The van der Waals surface area contributed by atoms with Crippen molar-refractivity contribution in [2.75, 3.05) is 13.7 Å². The molecule has 0 amide bonds. The largest absolute Gasteiger partial charge is 0.493 e. The first-order valence-electron chi connectivity index (χ1n) is 5.81. The number of halogens is 1. The molecule has 1 aromatic rings. The summed E-state index contributed by atoms with van der Waals surface area (Å²) in [5.41, 5.74) is 0.320. The summed E-state index contributed by atoms with van der Waals surface area (Å²) in [5, 5.41) is 0.429. The second-order valence-electron chi connectivity index (χ2n) is 3.71. The van der Waals surface area contributed by atoms with Gasteiger partial charge in [0.1, 0.15) is 5.75 Å². The first kappa shape index (κ1) is 15.2. The third kappa shape index (κ3) is 4.75. The fourth-order valence-corrected chi connectivity index (χ4v) is 1.51. The van der Waals surface area contributed by atoms with Crippen LogP contribution < -0.4 is 4.74 Å². The molecule has 0 saturated carbocycles. The summed E-state index contributed by atoms with van der Waals surface area (Å²) in [6.45, 7) is 2.47. The van der Waals surface area contributed by atoms with Crippen LogP contribution in [0.5, 0.6) is 5.75 Å². The Morgan fingerprint density at radius 1 is 1.32 bits per heavy atom. The fourth-order valence-electron chi connectivity index (χ4n) is 1.33. The van der Waals surface area contributed by atoms with E-state index in [1.807, 2.05) is 6.92 Å². The van der Waals surface area contributed by atoms with Crippen molar-refractivity contribution in [2.24, 2.45) is 0 Å². The smallest absolute Gasteiger partial charge is 0.330 e. The molecule has 0 aliphatic rings. The highest BCUT2D eigenvalue weighted by Crippen LogP contribution is 2.24. The van der Waals surface area contributed by atoms with E-state index in [9.17, 15) is 9.59 Å². The van der Waals surface area contributed by atoms with E-state index in [1.165, 1.54) is 13.2 Å². The van der Waals surface area contributed by atoms with E-state index in [4.69, 9.17) is 16.3 Å². The molecule has 102 valence electrons. The van der Waals surface area contributed by atoms with Crippen LogP contribution >= 0.6 is 11.6 Å². The third-order valence-electron chi connectivity index (χ3n) is 2.24. The molecule has 19 heavy (non-hydrogen) atoms. The number of hydrogen-bond acceptors (Lipinski definition) is 4. The molecule has 5 heteroatoms. The summed E-state index contributed by atoms with van der Waals surface area (Å²) in [7, 11) is 1.24. The number of hydrogen-bond donors (Lipinski definition) is 0. The van der Waals surface area contributed by atoms with Gasteiger partial charge in [0.25, 0.3) is 0 Å². The predicted molar refractivity (Wildman–Crippen MR) is 72.7 cm³/mol. The molecule has 0 bridgehead atoms. The quantitative estimate of drug-likeness (QED) is 0.457. The van der Waals surface area contributed by atoms with Crippen LogP contribution in [-0.4, -0.2) is 25.5 Å². The van der Waals surface area contributed by atoms with Crippen LogP contribution in [0, 0.1) is 0 Å². The Hall–Kier alpha value is -1.81. The molecule has 1 aromatic carbocycles. The van der Waals surface area contributed by atoms with Crippen LogP contribution in [0.4, 0.5) is 0 Å². The number of rotatable bonds is 6. The maximum absolute atomic E-state index is 12.0. The number of allylic oxidation sites excluding steroid dienone is 1. The highest BCUT2D eigenvalue weighted by molar-refractivity contribution is 6.31. The molecule has 0 aromatic heterocycles. The molecule has 0 radical (unpaired) electrons. The Balaban J connectivity index is 2.96. The Morgan fingerprint density at radius 2 is 2.05 bits per heavy atom. The van der Waals surface area contributed by atoms with Gasteiger partial charge in [-0.3, -0.25) is 4.79 Å². The van der Waals surface area contributed by atoms with E-state index in [-0.39, 0.29) is 5.78 Å². The summed E-state index contributed by atoms with van der Waals surface area (Å²) in [5.74, 6) is -0.504. The number of ketones is 1. The first-order chi connectivity index (χ1) is 9.08. The zero-order valence-electron chi connectivity index (χ0n) is 10.8. The van der Waals surface area contributed by atoms with Gasteiger partial charge in [0.2, 0.25) is 0 Å². The minimum Gasteiger partial charge on any atom is -0.493 e. The van der Waals surface area contributed by atoms with Crippen molar-refractivity contribution in [3.8, 4) is 5.75 Å². The SMILES string of the molecule is CCCOc1ccc(Cl)cc1C(=O)/C=C/C(=O)OC. The van der Waals surface area contributed by atoms with Gasteiger partial charge < -0.3 is 9.47 Å². The van der Waals surface area contributed by atoms with Crippen LogP contribution in [0.25, 0.3) is 0 Å². The van der Waals surface area contributed by atoms with Crippen LogP contribution in [0.1, 0.15) is 23.7 Å². The second kappa shape index (κ2) is 7.59. The van der Waals surface area contributed by atoms with E-state index < -0.39 is 5.97 Å². The lowest BCUT2D eigenvalue weighted by molar-refractivity contribution is -0.134. The maximum Gasteiger partial charge on any atom is 0.330 e. The van der Waals surface area contributed by atoms with Crippen molar-refractivity contribution >= 4 is 23.4 Å². The summed E-state index contributed by atoms with van der Waals surface area (Å²) in [6, 6.07) is 4.79. The molecule has 0 unspecified atom stereocenters. The zero-order chi connectivity index (χ0) is 14.3. The number of methoxy groups -OCH3 is 1. The molecule has 1 rings (SSSR count).